The van der Waals surface area contributed by atoms with Crippen molar-refractivity contribution in [3.63, 3.8) is 0 Å². The molecule has 1 amide bonds. The van der Waals surface area contributed by atoms with Crippen LogP contribution in [0.5, 0.6) is 5.75 Å². The average molecular weight is 167 g/mol. The molecule has 0 fully saturated rings. The fourth-order valence-corrected chi connectivity index (χ4v) is 0.884. The number of aliphatic hydroxyl groups is 1. The van der Waals surface area contributed by atoms with E-state index in [0.717, 1.165) is 0 Å². The quantitative estimate of drug-likeness (QED) is 0.579. The number of phenols is 1. The summed E-state index contributed by atoms with van der Waals surface area (Å²) < 4.78 is 0. The van der Waals surface area contributed by atoms with E-state index in [9.17, 15) is 9.90 Å². The van der Waals surface area contributed by atoms with Crippen LogP contribution in [0.4, 0.5) is 0 Å². The summed E-state index contributed by atoms with van der Waals surface area (Å²) >= 11 is 0. The number of aromatic hydroxyl groups is 1. The van der Waals surface area contributed by atoms with Gasteiger partial charge in [0.1, 0.15) is 5.75 Å². The topological polar surface area (TPSA) is 83.6 Å². The first-order chi connectivity index (χ1) is 5.65. The van der Waals surface area contributed by atoms with Gasteiger partial charge in [0.25, 0.3) is 5.91 Å². The first-order valence-corrected chi connectivity index (χ1v) is 3.37. The average Bonchev–Trinajstić information content (AvgIpc) is 2.03. The van der Waals surface area contributed by atoms with E-state index >= 15 is 0 Å². The molecule has 0 atom stereocenters. The molecule has 12 heavy (non-hydrogen) atoms. The van der Waals surface area contributed by atoms with Crippen LogP contribution in [0, 0.1) is 0 Å². The van der Waals surface area contributed by atoms with Gasteiger partial charge in [-0.1, -0.05) is 6.07 Å². The molecule has 0 heterocycles. The van der Waals surface area contributed by atoms with Gasteiger partial charge in [0, 0.05) is 0 Å². The van der Waals surface area contributed by atoms with Gasteiger partial charge >= 0.3 is 0 Å². The van der Waals surface area contributed by atoms with E-state index in [2.05, 4.69) is 0 Å². The molecule has 0 aromatic heterocycles. The van der Waals surface area contributed by atoms with Crippen molar-refractivity contribution in [2.45, 2.75) is 6.61 Å². The number of primary amides is 1. The predicted octanol–water partition coefficient (Wildman–Crippen LogP) is -0.0166. The Bertz CT molecular complexity index is 309. The summed E-state index contributed by atoms with van der Waals surface area (Å²) in [4.78, 5) is 10.6. The van der Waals surface area contributed by atoms with Crippen LogP contribution in [-0.2, 0) is 6.61 Å². The van der Waals surface area contributed by atoms with Crippen molar-refractivity contribution in [3.8, 4) is 5.75 Å². The van der Waals surface area contributed by atoms with Crippen LogP contribution in [0.2, 0.25) is 0 Å². The Morgan fingerprint density at radius 3 is 2.58 bits per heavy atom. The number of hydrogen-bond donors (Lipinski definition) is 3. The molecular formula is C8H9NO3. The number of nitrogens with two attached hydrogens (primary N) is 1. The Morgan fingerprint density at radius 1 is 1.50 bits per heavy atom. The third-order valence-corrected chi connectivity index (χ3v) is 1.51. The molecule has 0 radical (unpaired) electrons. The van der Waals surface area contributed by atoms with E-state index in [0.29, 0.717) is 5.56 Å². The number of carbonyl (C=O) groups is 1. The summed E-state index contributed by atoms with van der Waals surface area (Å²) in [6, 6.07) is 4.21. The van der Waals surface area contributed by atoms with Crippen molar-refractivity contribution in [3.05, 3.63) is 29.3 Å². The zero-order chi connectivity index (χ0) is 9.14. The molecule has 0 unspecified atom stereocenters. The number of aliphatic hydroxyl groups excluding tert-OH is 1. The second-order valence-electron chi connectivity index (χ2n) is 2.37. The van der Waals surface area contributed by atoms with Crippen LogP contribution in [0.25, 0.3) is 0 Å². The fraction of sp³-hybridized carbons (Fsp3) is 0.125. The second kappa shape index (κ2) is 3.23. The van der Waals surface area contributed by atoms with Gasteiger partial charge in [-0.3, -0.25) is 4.79 Å². The Morgan fingerprint density at radius 2 is 2.17 bits per heavy atom. The van der Waals surface area contributed by atoms with Gasteiger partial charge in [-0.25, -0.2) is 0 Å². The van der Waals surface area contributed by atoms with E-state index in [1.165, 1.54) is 18.2 Å². The molecule has 0 saturated heterocycles. The lowest BCUT2D eigenvalue weighted by Crippen LogP contribution is -2.11. The van der Waals surface area contributed by atoms with Crippen LogP contribution in [0.3, 0.4) is 0 Å². The van der Waals surface area contributed by atoms with Crippen molar-refractivity contribution in [1.82, 2.24) is 0 Å². The number of rotatable bonds is 2. The minimum atomic E-state index is -0.683. The minimum Gasteiger partial charge on any atom is -0.507 e. The van der Waals surface area contributed by atoms with E-state index in [1.54, 1.807) is 0 Å². The normalized spacial score (nSPS) is 9.75. The smallest absolute Gasteiger partial charge is 0.252 e. The third kappa shape index (κ3) is 1.54. The minimum absolute atomic E-state index is 0.0622. The molecule has 1 aromatic rings. The molecule has 0 saturated carbocycles. The van der Waals surface area contributed by atoms with Gasteiger partial charge in [-0.15, -0.1) is 0 Å². The maximum atomic E-state index is 10.6. The summed E-state index contributed by atoms with van der Waals surface area (Å²) in [6.45, 7) is -0.174. The van der Waals surface area contributed by atoms with Crippen LogP contribution in [0.15, 0.2) is 18.2 Å². The summed E-state index contributed by atoms with van der Waals surface area (Å²) in [5.41, 5.74) is 5.55. The predicted molar refractivity (Wildman–Crippen MR) is 42.5 cm³/mol. The van der Waals surface area contributed by atoms with E-state index in [1.807, 2.05) is 0 Å². The van der Waals surface area contributed by atoms with Gasteiger partial charge in [-0.2, -0.15) is 0 Å². The Kier molecular flexibility index (Phi) is 2.30. The van der Waals surface area contributed by atoms with Crippen molar-refractivity contribution in [2.24, 2.45) is 5.73 Å². The van der Waals surface area contributed by atoms with Crippen molar-refractivity contribution < 1.29 is 15.0 Å². The molecular weight excluding hydrogens is 158 g/mol. The lowest BCUT2D eigenvalue weighted by Gasteiger charge is -2.01. The van der Waals surface area contributed by atoms with Crippen LogP contribution >= 0.6 is 0 Å². The first-order valence-electron chi connectivity index (χ1n) is 3.37. The van der Waals surface area contributed by atoms with Crippen LogP contribution in [0.1, 0.15) is 15.9 Å². The molecule has 0 aliphatic rings. The second-order valence-corrected chi connectivity index (χ2v) is 2.37. The van der Waals surface area contributed by atoms with Crippen molar-refractivity contribution in [1.29, 1.82) is 0 Å². The van der Waals surface area contributed by atoms with Crippen LogP contribution in [-0.4, -0.2) is 16.1 Å². The Labute approximate surface area is 69.3 Å². The number of amides is 1. The number of benzene rings is 1. The van der Waals surface area contributed by atoms with Crippen LogP contribution < -0.4 is 5.73 Å². The monoisotopic (exact) mass is 167 g/mol. The Hall–Kier alpha value is -1.55. The van der Waals surface area contributed by atoms with Gasteiger partial charge in [0.15, 0.2) is 0 Å². The highest BCUT2D eigenvalue weighted by molar-refractivity contribution is 5.95. The van der Waals surface area contributed by atoms with Crippen molar-refractivity contribution in [2.75, 3.05) is 0 Å². The molecule has 0 spiro atoms. The maximum Gasteiger partial charge on any atom is 0.252 e. The number of carbonyl (C=O) groups excluding carboxylic acids is 1. The molecule has 0 bridgehead atoms. The van der Waals surface area contributed by atoms with Gasteiger partial charge < -0.3 is 15.9 Å². The van der Waals surface area contributed by atoms with Gasteiger partial charge in [0.2, 0.25) is 0 Å². The molecule has 4 heteroatoms. The molecule has 1 aromatic carbocycles. The summed E-state index contributed by atoms with van der Waals surface area (Å²) in [5.74, 6) is -0.883. The Balaban J connectivity index is 3.12. The van der Waals surface area contributed by atoms with Crippen molar-refractivity contribution >= 4 is 5.91 Å². The lowest BCUT2D eigenvalue weighted by molar-refractivity contribution is 0.0997. The largest absolute Gasteiger partial charge is 0.507 e. The molecule has 1 rings (SSSR count). The zero-order valence-electron chi connectivity index (χ0n) is 6.32. The van der Waals surface area contributed by atoms with E-state index in [4.69, 9.17) is 10.8 Å². The summed E-state index contributed by atoms with van der Waals surface area (Å²) in [6.07, 6.45) is 0. The lowest BCUT2D eigenvalue weighted by atomic mass is 10.1. The van der Waals surface area contributed by atoms with Gasteiger partial charge in [0.05, 0.1) is 12.2 Å². The van der Waals surface area contributed by atoms with Gasteiger partial charge in [-0.05, 0) is 17.7 Å². The molecule has 0 aliphatic carbocycles. The molecule has 0 aliphatic heterocycles. The SMILES string of the molecule is NC(=O)c1ccc(CO)cc1O. The highest BCUT2D eigenvalue weighted by Gasteiger charge is 2.06. The number of hydrogen-bond acceptors (Lipinski definition) is 3. The highest BCUT2D eigenvalue weighted by Crippen LogP contribution is 2.17. The maximum absolute atomic E-state index is 10.6. The van der Waals surface area contributed by atoms with E-state index in [-0.39, 0.29) is 17.9 Å². The molecule has 4 N–H and O–H groups in total. The summed E-state index contributed by atoms with van der Waals surface area (Å²) in [7, 11) is 0. The molecule has 64 valence electrons. The zero-order valence-corrected chi connectivity index (χ0v) is 6.32. The standard InChI is InChI=1S/C8H9NO3/c9-8(12)6-2-1-5(4-10)3-7(6)11/h1-3,10-11H,4H2,(H2,9,12). The third-order valence-electron chi connectivity index (χ3n) is 1.51. The van der Waals surface area contributed by atoms with E-state index < -0.39 is 5.91 Å². The highest BCUT2D eigenvalue weighted by atomic mass is 16.3. The molecule has 4 nitrogen and oxygen atoms in total. The summed E-state index contributed by atoms with van der Waals surface area (Å²) in [5, 5.41) is 17.8. The fourth-order valence-electron chi connectivity index (χ4n) is 0.884. The first kappa shape index (κ1) is 8.55.